The molecular formula is C16H15ClN4OS. The zero-order valence-electron chi connectivity index (χ0n) is 12.5. The lowest BCUT2D eigenvalue weighted by Gasteiger charge is -2.36. The summed E-state index contributed by atoms with van der Waals surface area (Å²) < 4.78 is 1.82. The number of rotatable bonds is 2. The monoisotopic (exact) mass is 346 g/mol. The fourth-order valence-corrected chi connectivity index (χ4v) is 3.81. The number of nitrogens with one attached hydrogen (secondary N) is 1. The number of fused-ring (bicyclic) bond motifs is 2. The van der Waals surface area contributed by atoms with Gasteiger partial charge in [-0.3, -0.25) is 4.79 Å². The van der Waals surface area contributed by atoms with Crippen LogP contribution in [-0.2, 0) is 4.79 Å². The molecule has 0 bridgehead atoms. The number of benzene rings is 1. The average molecular weight is 347 g/mol. The molecule has 1 aliphatic heterocycles. The normalized spacial score (nSPS) is 22.9. The Hall–Kier alpha value is -1.79. The van der Waals surface area contributed by atoms with E-state index >= 15 is 0 Å². The molecule has 5 nitrogen and oxygen atoms in total. The van der Waals surface area contributed by atoms with Crippen molar-refractivity contribution in [2.24, 2.45) is 5.92 Å². The van der Waals surface area contributed by atoms with Crippen molar-refractivity contribution in [1.82, 2.24) is 14.8 Å². The maximum atomic E-state index is 12.6. The molecule has 0 saturated carbocycles. The lowest BCUT2D eigenvalue weighted by atomic mass is 9.81. The minimum absolute atomic E-state index is 0.211. The zero-order valence-corrected chi connectivity index (χ0v) is 14.1. The quantitative estimate of drug-likeness (QED) is 0.843. The fourth-order valence-electron chi connectivity index (χ4n) is 3.26. The van der Waals surface area contributed by atoms with Gasteiger partial charge in [-0.05, 0) is 30.4 Å². The van der Waals surface area contributed by atoms with E-state index in [0.717, 1.165) is 17.7 Å². The van der Waals surface area contributed by atoms with E-state index in [-0.39, 0.29) is 17.7 Å². The predicted octanol–water partition coefficient (Wildman–Crippen LogP) is 3.53. The van der Waals surface area contributed by atoms with E-state index in [1.165, 1.54) is 11.8 Å². The first-order valence-electron chi connectivity index (χ1n) is 7.43. The molecule has 23 heavy (non-hydrogen) atoms. The van der Waals surface area contributed by atoms with Crippen molar-refractivity contribution in [3.8, 4) is 0 Å². The molecule has 2 aliphatic rings. The van der Waals surface area contributed by atoms with Gasteiger partial charge in [0.25, 0.3) is 0 Å². The van der Waals surface area contributed by atoms with Crippen molar-refractivity contribution in [1.29, 1.82) is 0 Å². The summed E-state index contributed by atoms with van der Waals surface area (Å²) >= 11 is 7.65. The summed E-state index contributed by atoms with van der Waals surface area (Å²) in [7, 11) is 0. The van der Waals surface area contributed by atoms with Crippen molar-refractivity contribution in [3.05, 3.63) is 46.6 Å². The van der Waals surface area contributed by atoms with Gasteiger partial charge in [-0.25, -0.2) is 4.68 Å². The van der Waals surface area contributed by atoms with E-state index in [1.807, 2.05) is 35.2 Å². The van der Waals surface area contributed by atoms with Crippen LogP contribution in [0.5, 0.6) is 0 Å². The second kappa shape index (κ2) is 5.69. The number of nitrogens with zero attached hydrogens (tertiary/aromatic N) is 3. The van der Waals surface area contributed by atoms with Crippen LogP contribution in [0.2, 0.25) is 5.02 Å². The van der Waals surface area contributed by atoms with Crippen molar-refractivity contribution in [2.75, 3.05) is 11.6 Å². The van der Waals surface area contributed by atoms with Crippen molar-refractivity contribution in [3.63, 3.8) is 0 Å². The van der Waals surface area contributed by atoms with Crippen LogP contribution in [0.25, 0.3) is 0 Å². The molecule has 1 aromatic carbocycles. The molecule has 1 aromatic heterocycles. The van der Waals surface area contributed by atoms with Crippen LogP contribution in [0.1, 0.15) is 24.4 Å². The standard InChI is InChI=1S/C16H15ClN4OS/c1-23-16-19-15-18-11-6-3-7-12(22)13(11)14(21(15)20-16)9-4-2-5-10(17)8-9/h2,4-6,8,13-14H,3,7H2,1H3,(H,18,19,20)/t13-,14-/m0/s1. The Kier molecular flexibility index (Phi) is 3.66. The van der Waals surface area contributed by atoms with E-state index in [1.54, 1.807) is 0 Å². The largest absolute Gasteiger partial charge is 0.328 e. The van der Waals surface area contributed by atoms with Gasteiger partial charge < -0.3 is 5.32 Å². The summed E-state index contributed by atoms with van der Waals surface area (Å²) in [6, 6.07) is 7.42. The first-order valence-corrected chi connectivity index (χ1v) is 9.03. The molecule has 0 radical (unpaired) electrons. The van der Waals surface area contributed by atoms with E-state index in [4.69, 9.17) is 11.6 Å². The van der Waals surface area contributed by atoms with E-state index < -0.39 is 0 Å². The highest BCUT2D eigenvalue weighted by Crippen LogP contribution is 2.42. The number of ketones is 1. The Balaban J connectivity index is 1.91. The molecule has 1 N–H and O–H groups in total. The number of thioether (sulfide) groups is 1. The third kappa shape index (κ3) is 2.46. The van der Waals surface area contributed by atoms with Crippen molar-refractivity contribution < 1.29 is 4.79 Å². The first-order chi connectivity index (χ1) is 11.2. The Bertz CT molecular complexity index is 816. The molecule has 0 amide bonds. The molecule has 4 rings (SSSR count). The molecule has 7 heteroatoms. The maximum absolute atomic E-state index is 12.6. The molecular weight excluding hydrogens is 332 g/mol. The number of carbonyl (C=O) groups excluding carboxylic acids is 1. The van der Waals surface area contributed by atoms with Gasteiger partial charge in [0.2, 0.25) is 11.1 Å². The van der Waals surface area contributed by atoms with Crippen LogP contribution in [0.4, 0.5) is 5.95 Å². The van der Waals surface area contributed by atoms with E-state index in [9.17, 15) is 4.79 Å². The second-order valence-corrected chi connectivity index (χ2v) is 6.84. The lowest BCUT2D eigenvalue weighted by molar-refractivity contribution is -0.123. The Morgan fingerprint density at radius 2 is 2.30 bits per heavy atom. The SMILES string of the molecule is CSc1nc2n(n1)[C@@H](c1cccc(Cl)c1)[C@@H]1C(=O)CCC=C1N2. The Morgan fingerprint density at radius 1 is 1.43 bits per heavy atom. The number of aromatic nitrogens is 3. The van der Waals surface area contributed by atoms with Gasteiger partial charge in [0.05, 0.1) is 12.0 Å². The number of carbonyl (C=O) groups is 1. The summed E-state index contributed by atoms with van der Waals surface area (Å²) in [4.78, 5) is 17.1. The van der Waals surface area contributed by atoms with Crippen LogP contribution in [-0.4, -0.2) is 26.8 Å². The number of halogens is 1. The molecule has 0 unspecified atom stereocenters. The van der Waals surface area contributed by atoms with Gasteiger partial charge >= 0.3 is 0 Å². The number of allylic oxidation sites excluding steroid dienone is 2. The highest BCUT2D eigenvalue weighted by molar-refractivity contribution is 7.98. The Labute approximate surface area is 143 Å². The molecule has 0 saturated heterocycles. The smallest absolute Gasteiger partial charge is 0.227 e. The van der Waals surface area contributed by atoms with Crippen LogP contribution in [0, 0.1) is 5.92 Å². The van der Waals surface area contributed by atoms with Gasteiger partial charge in [-0.2, -0.15) is 4.98 Å². The predicted molar refractivity (Wildman–Crippen MR) is 90.8 cm³/mol. The second-order valence-electron chi connectivity index (χ2n) is 5.63. The van der Waals surface area contributed by atoms with Gasteiger partial charge in [0, 0.05) is 17.1 Å². The van der Waals surface area contributed by atoms with Gasteiger partial charge in [0.15, 0.2) is 0 Å². The zero-order chi connectivity index (χ0) is 16.0. The highest BCUT2D eigenvalue weighted by atomic mass is 35.5. The van der Waals surface area contributed by atoms with Crippen LogP contribution >= 0.6 is 23.4 Å². The van der Waals surface area contributed by atoms with Crippen LogP contribution in [0.3, 0.4) is 0 Å². The fraction of sp³-hybridized carbons (Fsp3) is 0.312. The topological polar surface area (TPSA) is 59.8 Å². The summed E-state index contributed by atoms with van der Waals surface area (Å²) in [5.41, 5.74) is 1.91. The number of hydrogen-bond acceptors (Lipinski definition) is 5. The third-order valence-corrected chi connectivity index (χ3v) is 5.03. The average Bonchev–Trinajstić information content (AvgIpc) is 2.96. The van der Waals surface area contributed by atoms with Gasteiger partial charge in [0.1, 0.15) is 5.78 Å². The summed E-state index contributed by atoms with van der Waals surface area (Å²) in [6.45, 7) is 0. The van der Waals surface area contributed by atoms with E-state index in [0.29, 0.717) is 22.5 Å². The number of Topliss-reactive ketones (excluding diaryl/α,β-unsaturated/α-hetero) is 1. The summed E-state index contributed by atoms with van der Waals surface area (Å²) in [6.07, 6.45) is 5.36. The van der Waals surface area contributed by atoms with Gasteiger partial charge in [-0.1, -0.05) is 41.6 Å². The van der Waals surface area contributed by atoms with Gasteiger partial charge in [-0.15, -0.1) is 5.10 Å². The molecule has 2 heterocycles. The molecule has 2 aromatic rings. The molecule has 0 spiro atoms. The van der Waals surface area contributed by atoms with Crippen LogP contribution < -0.4 is 5.32 Å². The highest BCUT2D eigenvalue weighted by Gasteiger charge is 2.41. The molecule has 0 fully saturated rings. The lowest BCUT2D eigenvalue weighted by Crippen LogP contribution is -2.38. The first kappa shape index (κ1) is 14.8. The van der Waals surface area contributed by atoms with E-state index in [2.05, 4.69) is 21.5 Å². The summed E-state index contributed by atoms with van der Waals surface area (Å²) in [5.74, 6) is 0.648. The minimum Gasteiger partial charge on any atom is -0.328 e. The minimum atomic E-state index is -0.258. The number of hydrogen-bond donors (Lipinski definition) is 1. The van der Waals surface area contributed by atoms with Crippen molar-refractivity contribution in [2.45, 2.75) is 24.0 Å². The summed E-state index contributed by atoms with van der Waals surface area (Å²) in [5, 5.41) is 9.19. The Morgan fingerprint density at radius 3 is 3.09 bits per heavy atom. The molecule has 118 valence electrons. The van der Waals surface area contributed by atoms with Crippen molar-refractivity contribution >= 4 is 35.1 Å². The molecule has 1 aliphatic carbocycles. The molecule has 2 atom stereocenters. The maximum Gasteiger partial charge on any atom is 0.227 e. The van der Waals surface area contributed by atoms with Crippen LogP contribution in [0.15, 0.2) is 41.2 Å². The third-order valence-electron chi connectivity index (χ3n) is 4.26. The number of anilines is 1.